The van der Waals surface area contributed by atoms with Gasteiger partial charge in [0, 0.05) is 10.6 Å². The quantitative estimate of drug-likeness (QED) is 0.548. The molecule has 124 valence electrons. The first-order chi connectivity index (χ1) is 11.5. The number of phenolic OH excluding ortho intramolecular Hbond substituents is 1. The van der Waals surface area contributed by atoms with Gasteiger partial charge in [-0.2, -0.15) is 5.10 Å². The van der Waals surface area contributed by atoms with Crippen LogP contribution in [0, 0.1) is 0 Å². The molecule has 0 saturated carbocycles. The first kappa shape index (κ1) is 17.3. The van der Waals surface area contributed by atoms with Gasteiger partial charge in [0.05, 0.1) is 11.8 Å². The maximum Gasteiger partial charge on any atom is 0.341 e. The topological polar surface area (TPSA) is 108 Å². The van der Waals surface area contributed by atoms with Crippen molar-refractivity contribution >= 4 is 29.7 Å². The summed E-state index contributed by atoms with van der Waals surface area (Å²) in [5.74, 6) is -1.66. The van der Waals surface area contributed by atoms with Crippen molar-refractivity contribution in [2.24, 2.45) is 5.10 Å². The van der Waals surface area contributed by atoms with E-state index in [-0.39, 0.29) is 11.3 Å². The Labute approximate surface area is 142 Å². The molecule has 0 spiro atoms. The van der Waals surface area contributed by atoms with Crippen molar-refractivity contribution in [3.05, 3.63) is 58.6 Å². The smallest absolute Gasteiger partial charge is 0.341 e. The Morgan fingerprint density at radius 2 is 2.00 bits per heavy atom. The molecule has 3 N–H and O–H groups in total. The number of aromatic hydroxyl groups is 1. The van der Waals surface area contributed by atoms with Crippen LogP contribution in [0.5, 0.6) is 11.5 Å². The van der Waals surface area contributed by atoms with E-state index in [9.17, 15) is 14.7 Å². The van der Waals surface area contributed by atoms with Crippen molar-refractivity contribution < 1.29 is 24.5 Å². The van der Waals surface area contributed by atoms with Crippen LogP contribution in [0.2, 0.25) is 5.02 Å². The van der Waals surface area contributed by atoms with E-state index in [0.717, 1.165) is 0 Å². The number of benzene rings is 2. The number of aliphatic carboxylic acids is 1. The molecule has 0 aliphatic heterocycles. The fraction of sp³-hybridized carbons (Fsp3) is 0.0625. The summed E-state index contributed by atoms with van der Waals surface area (Å²) < 4.78 is 5.11. The normalized spacial score (nSPS) is 10.5. The zero-order valence-electron chi connectivity index (χ0n) is 12.3. The number of carbonyl (C=O) groups excluding carboxylic acids is 1. The van der Waals surface area contributed by atoms with E-state index in [2.05, 4.69) is 10.5 Å². The summed E-state index contributed by atoms with van der Waals surface area (Å²) in [6, 6.07) is 10.7. The summed E-state index contributed by atoms with van der Waals surface area (Å²) in [4.78, 5) is 22.5. The highest BCUT2D eigenvalue weighted by atomic mass is 35.5. The second-order valence-electron chi connectivity index (χ2n) is 4.58. The van der Waals surface area contributed by atoms with Gasteiger partial charge in [-0.15, -0.1) is 0 Å². The van der Waals surface area contributed by atoms with Gasteiger partial charge in [-0.3, -0.25) is 4.79 Å². The lowest BCUT2D eigenvalue weighted by Gasteiger charge is -2.06. The van der Waals surface area contributed by atoms with Crippen LogP contribution in [0.3, 0.4) is 0 Å². The summed E-state index contributed by atoms with van der Waals surface area (Å²) >= 11 is 5.78. The molecule has 0 bridgehead atoms. The first-order valence-corrected chi connectivity index (χ1v) is 7.10. The molecule has 2 aromatic rings. The van der Waals surface area contributed by atoms with E-state index in [0.29, 0.717) is 16.3 Å². The lowest BCUT2D eigenvalue weighted by Crippen LogP contribution is -2.18. The zero-order valence-corrected chi connectivity index (χ0v) is 13.0. The Bertz CT molecular complexity index is 792. The van der Waals surface area contributed by atoms with Gasteiger partial charge in [0.15, 0.2) is 6.61 Å². The van der Waals surface area contributed by atoms with Gasteiger partial charge in [-0.05, 0) is 30.3 Å². The number of para-hydroxylation sites is 1. The minimum absolute atomic E-state index is 0.0185. The van der Waals surface area contributed by atoms with Crippen molar-refractivity contribution in [3.63, 3.8) is 0 Å². The Balaban J connectivity index is 2.07. The first-order valence-electron chi connectivity index (χ1n) is 6.73. The summed E-state index contributed by atoms with van der Waals surface area (Å²) in [6.07, 6.45) is 1.30. The van der Waals surface area contributed by atoms with E-state index >= 15 is 0 Å². The Kier molecular flexibility index (Phi) is 5.75. The highest BCUT2D eigenvalue weighted by Crippen LogP contribution is 2.21. The maximum absolute atomic E-state index is 12.0. The molecule has 0 atom stereocenters. The molecule has 0 radical (unpaired) electrons. The van der Waals surface area contributed by atoms with Crippen LogP contribution >= 0.6 is 11.6 Å². The van der Waals surface area contributed by atoms with Crippen LogP contribution in [0.4, 0.5) is 0 Å². The molecule has 0 fully saturated rings. The molecule has 2 aromatic carbocycles. The third-order valence-electron chi connectivity index (χ3n) is 2.84. The number of carbonyl (C=O) groups is 2. The second-order valence-corrected chi connectivity index (χ2v) is 5.02. The largest absolute Gasteiger partial charge is 0.507 e. The van der Waals surface area contributed by atoms with Gasteiger partial charge in [-0.25, -0.2) is 10.2 Å². The number of nitrogens with zero attached hydrogens (tertiary/aromatic N) is 1. The second kappa shape index (κ2) is 7.98. The molecule has 7 nitrogen and oxygen atoms in total. The standard InChI is InChI=1S/C16H13ClN2O5/c17-11-5-6-13(20)12(7-11)16(23)19-18-8-10-3-1-2-4-14(10)24-9-15(21)22/h1-8,20H,9H2,(H,19,23)(H,21,22)/b18-8+. The highest BCUT2D eigenvalue weighted by Gasteiger charge is 2.11. The van der Waals surface area contributed by atoms with Crippen molar-refractivity contribution in [1.29, 1.82) is 0 Å². The highest BCUT2D eigenvalue weighted by molar-refractivity contribution is 6.31. The van der Waals surface area contributed by atoms with Crippen molar-refractivity contribution in [1.82, 2.24) is 5.43 Å². The molecule has 2 rings (SSSR count). The Morgan fingerprint density at radius 1 is 1.25 bits per heavy atom. The predicted molar refractivity (Wildman–Crippen MR) is 87.7 cm³/mol. The number of phenols is 1. The van der Waals surface area contributed by atoms with Crippen molar-refractivity contribution in [2.75, 3.05) is 6.61 Å². The molecule has 0 aromatic heterocycles. The number of ether oxygens (including phenoxy) is 1. The van der Waals surface area contributed by atoms with Gasteiger partial charge < -0.3 is 14.9 Å². The van der Waals surface area contributed by atoms with Gasteiger partial charge in [0.25, 0.3) is 5.91 Å². The molecule has 0 aliphatic rings. The van der Waals surface area contributed by atoms with Gasteiger partial charge in [-0.1, -0.05) is 23.7 Å². The third-order valence-corrected chi connectivity index (χ3v) is 3.08. The van der Waals surface area contributed by atoms with Gasteiger partial charge in [0.1, 0.15) is 11.5 Å². The SMILES string of the molecule is O=C(O)COc1ccccc1/C=N/NC(=O)c1cc(Cl)ccc1O. The number of carboxylic acids is 1. The minimum Gasteiger partial charge on any atom is -0.507 e. The molecule has 24 heavy (non-hydrogen) atoms. The number of rotatable bonds is 6. The van der Waals surface area contributed by atoms with E-state index in [1.165, 1.54) is 24.4 Å². The van der Waals surface area contributed by atoms with Gasteiger partial charge >= 0.3 is 5.97 Å². The van der Waals surface area contributed by atoms with Gasteiger partial charge in [0.2, 0.25) is 0 Å². The third kappa shape index (κ3) is 4.72. The van der Waals surface area contributed by atoms with E-state index in [1.54, 1.807) is 24.3 Å². The van der Waals surface area contributed by atoms with Crippen LogP contribution in [0.25, 0.3) is 0 Å². The number of carboxylic acid groups (broad SMARTS) is 1. The van der Waals surface area contributed by atoms with Crippen LogP contribution < -0.4 is 10.2 Å². The summed E-state index contributed by atoms with van der Waals surface area (Å²) in [6.45, 7) is -0.492. The fourth-order valence-electron chi connectivity index (χ4n) is 1.77. The van der Waals surface area contributed by atoms with Crippen molar-refractivity contribution in [3.8, 4) is 11.5 Å². The summed E-state index contributed by atoms with van der Waals surface area (Å²) in [5, 5.41) is 22.4. The number of hydrazone groups is 1. The van der Waals surface area contributed by atoms with E-state index in [1.807, 2.05) is 0 Å². The predicted octanol–water partition coefficient (Wildman–Crippen LogP) is 2.27. The fourth-order valence-corrected chi connectivity index (χ4v) is 1.94. The van der Waals surface area contributed by atoms with Crippen molar-refractivity contribution in [2.45, 2.75) is 0 Å². The average molecular weight is 349 g/mol. The molecule has 0 unspecified atom stereocenters. The maximum atomic E-state index is 12.0. The average Bonchev–Trinajstić information content (AvgIpc) is 2.56. The molecule has 0 saturated heterocycles. The number of hydrogen-bond donors (Lipinski definition) is 3. The Hall–Kier alpha value is -3.06. The molecule has 1 amide bonds. The number of hydrogen-bond acceptors (Lipinski definition) is 5. The summed E-state index contributed by atoms with van der Waals surface area (Å²) in [5.41, 5.74) is 2.71. The van der Waals surface area contributed by atoms with Crippen LogP contribution in [-0.2, 0) is 4.79 Å². The summed E-state index contributed by atoms with van der Waals surface area (Å²) in [7, 11) is 0. The van der Waals surface area contributed by atoms with E-state index < -0.39 is 18.5 Å². The molecular weight excluding hydrogens is 336 g/mol. The number of amides is 1. The Morgan fingerprint density at radius 3 is 2.75 bits per heavy atom. The van der Waals surface area contributed by atoms with Crippen LogP contribution in [0.15, 0.2) is 47.6 Å². The lowest BCUT2D eigenvalue weighted by atomic mass is 10.2. The number of nitrogens with one attached hydrogen (secondary N) is 1. The minimum atomic E-state index is -1.11. The lowest BCUT2D eigenvalue weighted by molar-refractivity contribution is -0.139. The monoisotopic (exact) mass is 348 g/mol. The molecule has 8 heteroatoms. The number of halogens is 1. The van der Waals surface area contributed by atoms with E-state index in [4.69, 9.17) is 21.4 Å². The van der Waals surface area contributed by atoms with Crippen LogP contribution in [0.1, 0.15) is 15.9 Å². The molecular formula is C16H13ClN2O5. The molecule has 0 heterocycles. The molecule has 0 aliphatic carbocycles. The van der Waals surface area contributed by atoms with Crippen LogP contribution in [-0.4, -0.2) is 34.9 Å². The zero-order chi connectivity index (χ0) is 17.5.